The van der Waals surface area contributed by atoms with Crippen LogP contribution < -0.4 is 10.6 Å². The molecule has 36 heavy (non-hydrogen) atoms. The van der Waals surface area contributed by atoms with Crippen molar-refractivity contribution < 1.29 is 18.9 Å². The Hall–Kier alpha value is -4.31. The zero-order valence-corrected chi connectivity index (χ0v) is 19.5. The summed E-state index contributed by atoms with van der Waals surface area (Å²) in [5.41, 5.74) is 1.93. The van der Waals surface area contributed by atoms with Gasteiger partial charge in [0.25, 0.3) is 11.6 Å². The van der Waals surface area contributed by atoms with Gasteiger partial charge in [0, 0.05) is 50.0 Å². The number of carbonyl (C=O) groups excluding carboxylic acids is 2. The standard InChI is InChI=1S/C26H26FN5O4/c27-21-7-9-22(10-8-21)29-25(33)18-30-12-14-31(15-13-30)26(34)20-6-11-23(24(16-20)32(35)36)28-17-19-4-2-1-3-5-19/h1-11,16,28H,12-15,17-18H2,(H,29,33). The first kappa shape index (κ1) is 24.8. The van der Waals surface area contributed by atoms with E-state index in [1.807, 2.05) is 35.2 Å². The van der Waals surface area contributed by atoms with Gasteiger partial charge < -0.3 is 15.5 Å². The van der Waals surface area contributed by atoms with Crippen LogP contribution in [0.1, 0.15) is 15.9 Å². The van der Waals surface area contributed by atoms with Crippen LogP contribution in [0.4, 0.5) is 21.5 Å². The number of hydrogen-bond donors (Lipinski definition) is 2. The molecule has 1 saturated heterocycles. The number of piperazine rings is 1. The first-order chi connectivity index (χ1) is 17.4. The van der Waals surface area contributed by atoms with Crippen LogP contribution in [0, 0.1) is 15.9 Å². The topological polar surface area (TPSA) is 108 Å². The van der Waals surface area contributed by atoms with Crippen molar-refractivity contribution in [3.05, 3.63) is 99.9 Å². The molecule has 0 bridgehead atoms. The molecule has 10 heteroatoms. The summed E-state index contributed by atoms with van der Waals surface area (Å²) in [6.07, 6.45) is 0. The number of carbonyl (C=O) groups is 2. The summed E-state index contributed by atoms with van der Waals surface area (Å²) in [5.74, 6) is -0.893. The van der Waals surface area contributed by atoms with Gasteiger partial charge in [-0.25, -0.2) is 4.39 Å². The SMILES string of the molecule is O=C(CN1CCN(C(=O)c2ccc(NCc3ccccc3)c([N+](=O)[O-])c2)CC1)Nc1ccc(F)cc1. The molecule has 2 N–H and O–H groups in total. The van der Waals surface area contributed by atoms with E-state index < -0.39 is 4.92 Å². The Morgan fingerprint density at radius 3 is 2.31 bits per heavy atom. The molecule has 1 aliphatic rings. The van der Waals surface area contributed by atoms with Crippen LogP contribution in [0.5, 0.6) is 0 Å². The third-order valence-corrected chi connectivity index (χ3v) is 5.92. The second kappa shape index (κ2) is 11.4. The minimum absolute atomic E-state index is 0.145. The van der Waals surface area contributed by atoms with E-state index in [0.29, 0.717) is 44.1 Å². The molecule has 0 spiro atoms. The number of hydrogen-bond acceptors (Lipinski definition) is 6. The molecule has 9 nitrogen and oxygen atoms in total. The Labute approximate surface area is 207 Å². The van der Waals surface area contributed by atoms with Gasteiger partial charge in [-0.15, -0.1) is 0 Å². The second-order valence-electron chi connectivity index (χ2n) is 8.45. The second-order valence-corrected chi connectivity index (χ2v) is 8.45. The van der Waals surface area contributed by atoms with E-state index in [1.165, 1.54) is 30.3 Å². The highest BCUT2D eigenvalue weighted by atomic mass is 19.1. The lowest BCUT2D eigenvalue weighted by atomic mass is 10.1. The van der Waals surface area contributed by atoms with Gasteiger partial charge in [0.1, 0.15) is 11.5 Å². The molecule has 2 amide bonds. The molecule has 1 fully saturated rings. The normalized spacial score (nSPS) is 13.8. The van der Waals surface area contributed by atoms with Crippen LogP contribution in [-0.4, -0.2) is 59.3 Å². The number of amides is 2. The molecule has 0 aromatic heterocycles. The minimum atomic E-state index is -0.498. The summed E-state index contributed by atoms with van der Waals surface area (Å²) in [4.78, 5) is 40.0. The van der Waals surface area contributed by atoms with Crippen molar-refractivity contribution in [1.29, 1.82) is 0 Å². The van der Waals surface area contributed by atoms with E-state index in [1.54, 1.807) is 17.0 Å². The summed E-state index contributed by atoms with van der Waals surface area (Å²) >= 11 is 0. The minimum Gasteiger partial charge on any atom is -0.375 e. The van der Waals surface area contributed by atoms with Crippen molar-refractivity contribution in [2.24, 2.45) is 0 Å². The van der Waals surface area contributed by atoms with Crippen LogP contribution >= 0.6 is 0 Å². The van der Waals surface area contributed by atoms with E-state index in [4.69, 9.17) is 0 Å². The van der Waals surface area contributed by atoms with Crippen LogP contribution in [0.3, 0.4) is 0 Å². The van der Waals surface area contributed by atoms with Crippen molar-refractivity contribution >= 4 is 28.9 Å². The predicted molar refractivity (Wildman–Crippen MR) is 134 cm³/mol. The number of nitrogens with zero attached hydrogens (tertiary/aromatic N) is 3. The highest BCUT2D eigenvalue weighted by molar-refractivity contribution is 5.96. The Balaban J connectivity index is 1.32. The average Bonchev–Trinajstić information content (AvgIpc) is 2.89. The number of halogens is 1. The summed E-state index contributed by atoms with van der Waals surface area (Å²) in [6, 6.07) is 19.5. The highest BCUT2D eigenvalue weighted by Crippen LogP contribution is 2.27. The molecular weight excluding hydrogens is 465 g/mol. The molecule has 186 valence electrons. The lowest BCUT2D eigenvalue weighted by molar-refractivity contribution is -0.384. The number of nitrogens with one attached hydrogen (secondary N) is 2. The van der Waals surface area contributed by atoms with E-state index >= 15 is 0 Å². The van der Waals surface area contributed by atoms with Gasteiger partial charge in [-0.2, -0.15) is 0 Å². The number of nitro benzene ring substituents is 1. The maximum atomic E-state index is 13.0. The fraction of sp³-hybridized carbons (Fsp3) is 0.231. The maximum Gasteiger partial charge on any atom is 0.293 e. The van der Waals surface area contributed by atoms with Crippen molar-refractivity contribution in [3.8, 4) is 0 Å². The van der Waals surface area contributed by atoms with Crippen LogP contribution in [0.15, 0.2) is 72.8 Å². The predicted octanol–water partition coefficient (Wildman–Crippen LogP) is 3.74. The van der Waals surface area contributed by atoms with Crippen molar-refractivity contribution in [2.45, 2.75) is 6.54 Å². The smallest absolute Gasteiger partial charge is 0.293 e. The van der Waals surface area contributed by atoms with Crippen LogP contribution in [-0.2, 0) is 11.3 Å². The van der Waals surface area contributed by atoms with Crippen molar-refractivity contribution in [3.63, 3.8) is 0 Å². The molecule has 3 aromatic carbocycles. The summed E-state index contributed by atoms with van der Waals surface area (Å²) < 4.78 is 13.0. The fourth-order valence-electron chi connectivity index (χ4n) is 3.99. The van der Waals surface area contributed by atoms with Gasteiger partial charge in [-0.3, -0.25) is 24.6 Å². The zero-order valence-electron chi connectivity index (χ0n) is 19.5. The monoisotopic (exact) mass is 491 g/mol. The Morgan fingerprint density at radius 2 is 1.64 bits per heavy atom. The summed E-state index contributed by atoms with van der Waals surface area (Å²) in [7, 11) is 0. The molecule has 1 heterocycles. The molecule has 4 rings (SSSR count). The van der Waals surface area contributed by atoms with Gasteiger partial charge in [-0.05, 0) is 42.0 Å². The molecule has 0 atom stereocenters. The quantitative estimate of drug-likeness (QED) is 0.367. The average molecular weight is 492 g/mol. The largest absolute Gasteiger partial charge is 0.375 e. The number of nitro groups is 1. The van der Waals surface area contributed by atoms with Gasteiger partial charge in [0.05, 0.1) is 11.5 Å². The molecule has 0 saturated carbocycles. The fourth-order valence-corrected chi connectivity index (χ4v) is 3.99. The molecule has 0 radical (unpaired) electrons. The first-order valence-electron chi connectivity index (χ1n) is 11.5. The van der Waals surface area contributed by atoms with Gasteiger partial charge in [-0.1, -0.05) is 30.3 Å². The van der Waals surface area contributed by atoms with E-state index in [9.17, 15) is 24.1 Å². The van der Waals surface area contributed by atoms with Crippen molar-refractivity contribution in [2.75, 3.05) is 43.4 Å². The molecule has 0 unspecified atom stereocenters. The lowest BCUT2D eigenvalue weighted by Gasteiger charge is -2.34. The maximum absolute atomic E-state index is 13.0. The van der Waals surface area contributed by atoms with E-state index in [0.717, 1.165) is 5.56 Å². The first-order valence-corrected chi connectivity index (χ1v) is 11.5. The summed E-state index contributed by atoms with van der Waals surface area (Å²) in [5, 5.41) is 17.4. The number of rotatable bonds is 8. The Bertz CT molecular complexity index is 1230. The van der Waals surface area contributed by atoms with E-state index in [2.05, 4.69) is 10.6 Å². The van der Waals surface area contributed by atoms with E-state index in [-0.39, 0.29) is 35.4 Å². The zero-order chi connectivity index (χ0) is 25.5. The van der Waals surface area contributed by atoms with Gasteiger partial charge in [0.2, 0.25) is 5.91 Å². The summed E-state index contributed by atoms with van der Waals surface area (Å²) in [6.45, 7) is 2.33. The Morgan fingerprint density at radius 1 is 0.944 bits per heavy atom. The third-order valence-electron chi connectivity index (χ3n) is 5.92. The Kier molecular flexibility index (Phi) is 7.86. The van der Waals surface area contributed by atoms with Crippen LogP contribution in [0.25, 0.3) is 0 Å². The highest BCUT2D eigenvalue weighted by Gasteiger charge is 2.25. The lowest BCUT2D eigenvalue weighted by Crippen LogP contribution is -2.50. The van der Waals surface area contributed by atoms with Gasteiger partial charge in [0.15, 0.2) is 0 Å². The molecule has 0 aliphatic carbocycles. The van der Waals surface area contributed by atoms with Gasteiger partial charge >= 0.3 is 0 Å². The third kappa shape index (κ3) is 6.42. The molecule has 1 aliphatic heterocycles. The molecule has 3 aromatic rings. The van der Waals surface area contributed by atoms with Crippen LogP contribution in [0.2, 0.25) is 0 Å². The van der Waals surface area contributed by atoms with Crippen molar-refractivity contribution in [1.82, 2.24) is 9.80 Å². The molecular formula is C26H26FN5O4. The number of anilines is 2. The number of benzene rings is 3.